The molecule has 1 aliphatic heterocycles. The number of rotatable bonds is 3. The molecule has 0 spiro atoms. The third-order valence-corrected chi connectivity index (χ3v) is 6.30. The van der Waals surface area contributed by atoms with Crippen LogP contribution in [-0.4, -0.2) is 32.0 Å². The molecule has 0 radical (unpaired) electrons. The van der Waals surface area contributed by atoms with Gasteiger partial charge in [-0.15, -0.1) is 0 Å². The van der Waals surface area contributed by atoms with E-state index in [1.165, 1.54) is 5.56 Å². The van der Waals surface area contributed by atoms with E-state index in [2.05, 4.69) is 11.4 Å². The quantitative estimate of drug-likeness (QED) is 0.932. The lowest BCUT2D eigenvalue weighted by molar-refractivity contribution is 0.271. The van der Waals surface area contributed by atoms with Crippen LogP contribution in [0, 0.1) is 0 Å². The van der Waals surface area contributed by atoms with Crippen molar-refractivity contribution in [3.05, 3.63) is 34.9 Å². The van der Waals surface area contributed by atoms with Crippen LogP contribution in [0.25, 0.3) is 0 Å². The van der Waals surface area contributed by atoms with Gasteiger partial charge in [-0.1, -0.05) is 29.8 Å². The molecule has 0 amide bonds. The van der Waals surface area contributed by atoms with Gasteiger partial charge in [-0.05, 0) is 36.8 Å². The molecule has 19 heavy (non-hydrogen) atoms. The van der Waals surface area contributed by atoms with Crippen LogP contribution in [0.1, 0.15) is 30.7 Å². The van der Waals surface area contributed by atoms with Gasteiger partial charge in [0, 0.05) is 17.1 Å². The number of hydrogen-bond donors (Lipinski definition) is 1. The highest BCUT2D eigenvalue weighted by molar-refractivity contribution is 7.91. The fourth-order valence-corrected chi connectivity index (χ4v) is 5.05. The van der Waals surface area contributed by atoms with E-state index in [0.29, 0.717) is 23.5 Å². The average molecular weight is 300 g/mol. The van der Waals surface area contributed by atoms with Gasteiger partial charge >= 0.3 is 0 Å². The molecule has 5 heteroatoms. The van der Waals surface area contributed by atoms with Crippen molar-refractivity contribution in [2.75, 3.05) is 11.5 Å². The van der Waals surface area contributed by atoms with Crippen LogP contribution in [-0.2, 0) is 9.84 Å². The van der Waals surface area contributed by atoms with Crippen molar-refractivity contribution < 1.29 is 8.42 Å². The van der Waals surface area contributed by atoms with Crippen LogP contribution >= 0.6 is 11.6 Å². The summed E-state index contributed by atoms with van der Waals surface area (Å²) in [5.74, 6) is 1.16. The van der Waals surface area contributed by atoms with Gasteiger partial charge in [0.2, 0.25) is 0 Å². The molecule has 1 unspecified atom stereocenters. The Labute approximate surface area is 119 Å². The second-order valence-electron chi connectivity index (χ2n) is 5.65. The molecule has 1 saturated heterocycles. The van der Waals surface area contributed by atoms with Gasteiger partial charge in [0.1, 0.15) is 0 Å². The van der Waals surface area contributed by atoms with Gasteiger partial charge in [0.25, 0.3) is 0 Å². The Morgan fingerprint density at radius 3 is 2.53 bits per heavy atom. The first-order valence-corrected chi connectivity index (χ1v) is 8.94. The molecular weight excluding hydrogens is 282 g/mol. The van der Waals surface area contributed by atoms with Crippen LogP contribution in [0.2, 0.25) is 5.02 Å². The standard InChI is InChI=1S/C14H18ClNO2S/c15-14-4-2-1-3-13(14)10-7-12(8-10)16-11-5-6-19(17,18)9-11/h1-4,10-12,16H,5-9H2. The van der Waals surface area contributed by atoms with Gasteiger partial charge in [0.15, 0.2) is 9.84 Å². The monoisotopic (exact) mass is 299 g/mol. The van der Waals surface area contributed by atoms with E-state index in [4.69, 9.17) is 11.6 Å². The highest BCUT2D eigenvalue weighted by Crippen LogP contribution is 2.40. The Morgan fingerprint density at radius 1 is 1.16 bits per heavy atom. The zero-order valence-corrected chi connectivity index (χ0v) is 12.3. The van der Waals surface area contributed by atoms with E-state index in [9.17, 15) is 8.42 Å². The lowest BCUT2D eigenvalue weighted by Gasteiger charge is -2.38. The number of sulfone groups is 1. The van der Waals surface area contributed by atoms with Crippen molar-refractivity contribution in [2.45, 2.75) is 37.3 Å². The molecule has 2 fully saturated rings. The fourth-order valence-electron chi connectivity index (χ4n) is 3.07. The van der Waals surface area contributed by atoms with E-state index in [1.807, 2.05) is 18.2 Å². The molecule has 0 aromatic heterocycles. The smallest absolute Gasteiger partial charge is 0.151 e. The molecule has 0 bridgehead atoms. The molecule has 3 rings (SSSR count). The summed E-state index contributed by atoms with van der Waals surface area (Å²) in [5, 5.41) is 4.31. The average Bonchev–Trinajstić information content (AvgIpc) is 2.64. The van der Waals surface area contributed by atoms with Crippen molar-refractivity contribution in [3.63, 3.8) is 0 Å². The van der Waals surface area contributed by atoms with Crippen molar-refractivity contribution in [2.24, 2.45) is 0 Å². The maximum absolute atomic E-state index is 11.4. The molecule has 1 N–H and O–H groups in total. The number of halogens is 1. The molecule has 1 atom stereocenters. The normalized spacial score (nSPS) is 33.0. The first kappa shape index (κ1) is 13.4. The zero-order chi connectivity index (χ0) is 13.5. The zero-order valence-electron chi connectivity index (χ0n) is 10.7. The first-order chi connectivity index (χ1) is 9.03. The number of benzene rings is 1. The predicted octanol–water partition coefficient (Wildman–Crippen LogP) is 2.36. The maximum Gasteiger partial charge on any atom is 0.151 e. The number of nitrogens with one attached hydrogen (secondary N) is 1. The van der Waals surface area contributed by atoms with Crippen molar-refractivity contribution >= 4 is 21.4 Å². The summed E-state index contributed by atoms with van der Waals surface area (Å²) in [4.78, 5) is 0. The molecule has 1 saturated carbocycles. The summed E-state index contributed by atoms with van der Waals surface area (Å²) in [6.45, 7) is 0. The Kier molecular flexibility index (Phi) is 3.58. The molecule has 3 nitrogen and oxygen atoms in total. The minimum absolute atomic E-state index is 0.155. The molecule has 1 aliphatic carbocycles. The summed E-state index contributed by atoms with van der Waals surface area (Å²) in [5.41, 5.74) is 1.22. The molecular formula is C14H18ClNO2S. The Hall–Kier alpha value is -0.580. The Bertz CT molecular complexity index is 567. The summed E-state index contributed by atoms with van der Waals surface area (Å²) in [6, 6.07) is 8.58. The maximum atomic E-state index is 11.4. The van der Waals surface area contributed by atoms with Gasteiger partial charge in [-0.2, -0.15) is 0 Å². The van der Waals surface area contributed by atoms with E-state index < -0.39 is 9.84 Å². The van der Waals surface area contributed by atoms with E-state index in [0.717, 1.165) is 24.3 Å². The molecule has 1 heterocycles. The lowest BCUT2D eigenvalue weighted by atomic mass is 9.75. The van der Waals surface area contributed by atoms with Crippen LogP contribution in [0.4, 0.5) is 0 Å². The van der Waals surface area contributed by atoms with E-state index in [1.54, 1.807) is 0 Å². The van der Waals surface area contributed by atoms with Crippen LogP contribution < -0.4 is 5.32 Å². The number of hydrogen-bond acceptors (Lipinski definition) is 3. The molecule has 104 valence electrons. The largest absolute Gasteiger partial charge is 0.310 e. The van der Waals surface area contributed by atoms with Crippen molar-refractivity contribution in [3.8, 4) is 0 Å². The molecule has 1 aromatic rings. The first-order valence-electron chi connectivity index (χ1n) is 6.74. The van der Waals surface area contributed by atoms with Gasteiger partial charge in [-0.25, -0.2) is 8.42 Å². The van der Waals surface area contributed by atoms with E-state index >= 15 is 0 Å². The fraction of sp³-hybridized carbons (Fsp3) is 0.571. The van der Waals surface area contributed by atoms with Crippen LogP contribution in [0.3, 0.4) is 0 Å². The lowest BCUT2D eigenvalue weighted by Crippen LogP contribution is -2.46. The van der Waals surface area contributed by atoms with Crippen LogP contribution in [0.5, 0.6) is 0 Å². The van der Waals surface area contributed by atoms with Gasteiger partial charge in [0.05, 0.1) is 11.5 Å². The SMILES string of the molecule is O=S1(=O)CCC(NC2CC(c3ccccc3Cl)C2)C1. The second-order valence-corrected chi connectivity index (χ2v) is 8.29. The summed E-state index contributed by atoms with van der Waals surface area (Å²) in [6.07, 6.45) is 2.87. The molecule has 1 aromatic carbocycles. The third-order valence-electron chi connectivity index (χ3n) is 4.19. The van der Waals surface area contributed by atoms with Crippen molar-refractivity contribution in [1.82, 2.24) is 5.32 Å². The highest BCUT2D eigenvalue weighted by Gasteiger charge is 2.35. The summed E-state index contributed by atoms with van der Waals surface area (Å²) in [7, 11) is -2.78. The summed E-state index contributed by atoms with van der Waals surface area (Å²) < 4.78 is 22.8. The Balaban J connectivity index is 1.53. The minimum Gasteiger partial charge on any atom is -0.310 e. The summed E-state index contributed by atoms with van der Waals surface area (Å²) >= 11 is 6.19. The van der Waals surface area contributed by atoms with Crippen molar-refractivity contribution in [1.29, 1.82) is 0 Å². The van der Waals surface area contributed by atoms with Crippen LogP contribution in [0.15, 0.2) is 24.3 Å². The van der Waals surface area contributed by atoms with Gasteiger partial charge < -0.3 is 5.32 Å². The third kappa shape index (κ3) is 2.96. The predicted molar refractivity (Wildman–Crippen MR) is 77.4 cm³/mol. The highest BCUT2D eigenvalue weighted by atomic mass is 35.5. The second kappa shape index (κ2) is 5.08. The Morgan fingerprint density at radius 2 is 1.89 bits per heavy atom. The molecule has 2 aliphatic rings. The van der Waals surface area contributed by atoms with Gasteiger partial charge in [-0.3, -0.25) is 0 Å². The topological polar surface area (TPSA) is 46.2 Å². The van der Waals surface area contributed by atoms with E-state index in [-0.39, 0.29) is 6.04 Å². The minimum atomic E-state index is -2.78.